The second kappa shape index (κ2) is 8.08. The molecule has 0 aliphatic heterocycles. The van der Waals surface area contributed by atoms with Crippen LogP contribution in [0.1, 0.15) is 12.6 Å². The highest BCUT2D eigenvalue weighted by Crippen LogP contribution is 2.34. The lowest BCUT2D eigenvalue weighted by atomic mass is 10.0. The minimum atomic E-state index is -0.174. The first-order valence-electron chi connectivity index (χ1n) is 11.0. The number of ether oxygens (including phenoxy) is 1. The van der Waals surface area contributed by atoms with Crippen molar-refractivity contribution in [1.82, 2.24) is 28.9 Å². The molecule has 5 aromatic rings. The van der Waals surface area contributed by atoms with Crippen molar-refractivity contribution in [3.63, 3.8) is 0 Å². The van der Waals surface area contributed by atoms with E-state index >= 15 is 0 Å². The van der Waals surface area contributed by atoms with Crippen molar-refractivity contribution in [3.8, 4) is 22.7 Å². The first-order valence-corrected chi connectivity index (χ1v) is 11.0. The number of amides is 1. The van der Waals surface area contributed by atoms with Gasteiger partial charge in [-0.25, -0.2) is 9.78 Å². The van der Waals surface area contributed by atoms with E-state index in [9.17, 15) is 9.59 Å². The fourth-order valence-corrected chi connectivity index (χ4v) is 4.37. The molecule has 1 amide bonds. The largest absolute Gasteiger partial charge is 0.480 e. The number of aryl methyl sites for hydroxylation is 3. The third-order valence-electron chi connectivity index (χ3n) is 6.30. The molecule has 0 aliphatic carbocycles. The highest BCUT2D eigenvalue weighted by Gasteiger charge is 2.20. The second-order valence-corrected chi connectivity index (χ2v) is 8.50. The van der Waals surface area contributed by atoms with Crippen molar-refractivity contribution in [2.45, 2.75) is 13.8 Å². The van der Waals surface area contributed by atoms with Gasteiger partial charge >= 0.3 is 5.69 Å². The Bertz CT molecular complexity index is 1690. The first-order chi connectivity index (χ1) is 16.7. The molecule has 0 bridgehead atoms. The Kier molecular flexibility index (Phi) is 5.16. The quantitative estimate of drug-likeness (QED) is 0.400. The van der Waals surface area contributed by atoms with Crippen molar-refractivity contribution >= 4 is 33.5 Å². The molecule has 0 spiro atoms. The van der Waals surface area contributed by atoms with Crippen molar-refractivity contribution in [3.05, 3.63) is 59.0 Å². The maximum atomic E-state index is 13.3. The number of benzene rings is 1. The maximum Gasteiger partial charge on any atom is 0.333 e. The molecule has 4 aromatic heterocycles. The zero-order chi connectivity index (χ0) is 25.0. The normalized spacial score (nSPS) is 11.4. The van der Waals surface area contributed by atoms with Crippen LogP contribution in [0.15, 0.2) is 47.7 Å². The van der Waals surface area contributed by atoms with Gasteiger partial charge in [-0.1, -0.05) is 6.07 Å². The molecule has 0 saturated heterocycles. The van der Waals surface area contributed by atoms with Crippen LogP contribution in [0.2, 0.25) is 0 Å². The maximum absolute atomic E-state index is 13.3. The van der Waals surface area contributed by atoms with E-state index in [1.54, 1.807) is 40.3 Å². The molecule has 0 aliphatic rings. The third-order valence-corrected chi connectivity index (χ3v) is 6.30. The van der Waals surface area contributed by atoms with Gasteiger partial charge in [0.05, 0.1) is 41.2 Å². The zero-order valence-electron chi connectivity index (χ0n) is 20.4. The number of imidazole rings is 1. The van der Waals surface area contributed by atoms with Crippen LogP contribution < -0.4 is 15.3 Å². The highest BCUT2D eigenvalue weighted by atomic mass is 16.5. The summed E-state index contributed by atoms with van der Waals surface area (Å²) < 4.78 is 10.3. The van der Waals surface area contributed by atoms with E-state index in [0.29, 0.717) is 17.1 Å². The number of carbonyl (C=O) groups excluding carboxylic acids is 1. The van der Waals surface area contributed by atoms with Crippen LogP contribution in [0.4, 0.5) is 5.69 Å². The van der Waals surface area contributed by atoms with Gasteiger partial charge in [0.1, 0.15) is 5.69 Å². The predicted octanol–water partition coefficient (Wildman–Crippen LogP) is 2.97. The Labute approximate surface area is 201 Å². The molecule has 0 saturated carbocycles. The summed E-state index contributed by atoms with van der Waals surface area (Å²) in [7, 11) is 6.77. The molecule has 0 radical (unpaired) electrons. The van der Waals surface area contributed by atoms with Crippen molar-refractivity contribution in [2.75, 3.05) is 19.1 Å². The lowest BCUT2D eigenvalue weighted by molar-refractivity contribution is -0.116. The number of hydrogen-bond acceptors (Lipinski definition) is 6. The van der Waals surface area contributed by atoms with Crippen LogP contribution in [0.5, 0.6) is 5.88 Å². The number of hydrogen-bond donors (Lipinski definition) is 0. The van der Waals surface area contributed by atoms with E-state index < -0.39 is 0 Å². The molecule has 0 N–H and O–H groups in total. The summed E-state index contributed by atoms with van der Waals surface area (Å²) in [5, 5.41) is 5.24. The number of nitrogens with zero attached hydrogens (tertiary/aromatic N) is 7. The van der Waals surface area contributed by atoms with E-state index in [1.807, 2.05) is 44.4 Å². The lowest BCUT2D eigenvalue weighted by Gasteiger charge is -2.18. The summed E-state index contributed by atoms with van der Waals surface area (Å²) in [6.07, 6.45) is 5.26. The molecular formula is C25H25N7O3. The molecule has 10 heteroatoms. The summed E-state index contributed by atoms with van der Waals surface area (Å²) in [6, 6.07) is 7.72. The molecule has 0 unspecified atom stereocenters. The second-order valence-electron chi connectivity index (χ2n) is 8.50. The molecule has 178 valence electrons. The Morgan fingerprint density at radius 1 is 1.09 bits per heavy atom. The zero-order valence-corrected chi connectivity index (χ0v) is 20.4. The molecular weight excluding hydrogens is 446 g/mol. The molecule has 1 aromatic carbocycles. The van der Waals surface area contributed by atoms with Gasteiger partial charge in [0.2, 0.25) is 11.8 Å². The highest BCUT2D eigenvalue weighted by molar-refractivity contribution is 6.05. The van der Waals surface area contributed by atoms with Crippen LogP contribution in [0.25, 0.3) is 38.8 Å². The minimum Gasteiger partial charge on any atom is -0.480 e. The van der Waals surface area contributed by atoms with E-state index in [4.69, 9.17) is 4.74 Å². The number of fused-ring (bicyclic) bond motifs is 3. The average molecular weight is 472 g/mol. The van der Waals surface area contributed by atoms with Gasteiger partial charge in [-0.05, 0) is 30.7 Å². The minimum absolute atomic E-state index is 0.133. The molecule has 35 heavy (non-hydrogen) atoms. The Morgan fingerprint density at radius 2 is 1.86 bits per heavy atom. The third kappa shape index (κ3) is 3.45. The Balaban J connectivity index is 1.80. The summed E-state index contributed by atoms with van der Waals surface area (Å²) in [4.78, 5) is 35.8. The summed E-state index contributed by atoms with van der Waals surface area (Å²) in [5.74, 6) is 0.229. The lowest BCUT2D eigenvalue weighted by Crippen LogP contribution is -2.23. The van der Waals surface area contributed by atoms with Crippen LogP contribution in [0, 0.1) is 6.92 Å². The standard InChI is InChI=1S/C25H25N7O3/c1-14-22(13-29(3)28-14)32-23-18-9-16(7-8-19(18)26-12-21(23)31(5)25(32)34)17-10-20(30(4)15(2)33)24(35-6)27-11-17/h7-13H,1-6H3. The molecule has 4 heterocycles. The number of aromatic nitrogens is 6. The summed E-state index contributed by atoms with van der Waals surface area (Å²) in [5.41, 5.74) is 5.75. The van der Waals surface area contributed by atoms with E-state index in [0.717, 1.165) is 38.9 Å². The van der Waals surface area contributed by atoms with Crippen LogP contribution in [-0.2, 0) is 18.9 Å². The van der Waals surface area contributed by atoms with E-state index in [-0.39, 0.29) is 11.6 Å². The Hall–Kier alpha value is -4.47. The molecule has 5 rings (SSSR count). The average Bonchev–Trinajstić information content (AvgIpc) is 3.31. The van der Waals surface area contributed by atoms with Crippen LogP contribution in [-0.4, -0.2) is 48.9 Å². The molecule has 10 nitrogen and oxygen atoms in total. The van der Waals surface area contributed by atoms with Gasteiger partial charge in [-0.2, -0.15) is 5.10 Å². The Morgan fingerprint density at radius 3 is 2.51 bits per heavy atom. The van der Waals surface area contributed by atoms with Gasteiger partial charge < -0.3 is 9.64 Å². The van der Waals surface area contributed by atoms with Crippen molar-refractivity contribution in [1.29, 1.82) is 0 Å². The monoisotopic (exact) mass is 471 g/mol. The van der Waals surface area contributed by atoms with E-state index in [2.05, 4.69) is 15.1 Å². The van der Waals surface area contributed by atoms with Gasteiger partial charge in [-0.15, -0.1) is 0 Å². The number of carbonyl (C=O) groups is 1. The number of anilines is 1. The predicted molar refractivity (Wildman–Crippen MR) is 134 cm³/mol. The van der Waals surface area contributed by atoms with Gasteiger partial charge in [0.25, 0.3) is 0 Å². The van der Waals surface area contributed by atoms with Gasteiger partial charge in [0, 0.05) is 51.4 Å². The summed E-state index contributed by atoms with van der Waals surface area (Å²) >= 11 is 0. The van der Waals surface area contributed by atoms with Crippen molar-refractivity contribution in [2.24, 2.45) is 14.1 Å². The van der Waals surface area contributed by atoms with Gasteiger partial charge in [0.15, 0.2) is 0 Å². The van der Waals surface area contributed by atoms with Crippen LogP contribution in [0.3, 0.4) is 0 Å². The topological polar surface area (TPSA) is 100 Å². The SMILES string of the molecule is COc1ncc(-c2ccc3ncc4c(c3c2)n(-c2cn(C)nc2C)c(=O)n4C)cc1N(C)C(C)=O. The van der Waals surface area contributed by atoms with Crippen molar-refractivity contribution < 1.29 is 9.53 Å². The number of methoxy groups -OCH3 is 1. The number of pyridine rings is 2. The fraction of sp³-hybridized carbons (Fsp3) is 0.240. The molecule has 0 atom stereocenters. The molecule has 0 fully saturated rings. The number of rotatable bonds is 4. The van der Waals surface area contributed by atoms with Gasteiger partial charge in [-0.3, -0.25) is 23.6 Å². The summed E-state index contributed by atoms with van der Waals surface area (Å²) in [6.45, 7) is 3.37. The smallest absolute Gasteiger partial charge is 0.333 e. The fourth-order valence-electron chi connectivity index (χ4n) is 4.37. The van der Waals surface area contributed by atoms with Crippen LogP contribution >= 0.6 is 0 Å². The van der Waals surface area contributed by atoms with E-state index in [1.165, 1.54) is 18.9 Å². The first kappa shape index (κ1) is 22.3.